The van der Waals surface area contributed by atoms with Crippen LogP contribution in [0.15, 0.2) is 48.7 Å². The maximum atomic E-state index is 12.4. The van der Waals surface area contributed by atoms with E-state index < -0.39 is 6.09 Å². The van der Waals surface area contributed by atoms with Crippen LogP contribution in [0.25, 0.3) is 5.69 Å². The summed E-state index contributed by atoms with van der Waals surface area (Å²) in [6.07, 6.45) is 2.80. The van der Waals surface area contributed by atoms with Gasteiger partial charge in [-0.1, -0.05) is 30.3 Å². The number of aryl methyl sites for hydroxylation is 2. The molecule has 1 heterocycles. The molecule has 4 rings (SSSR count). The standard InChI is InChI=1S/C23H25N5O3/c1-14-5-3-4-6-17(14)12-25-23(30)31-20-13-26-28(21(20)24)19-11-16(8-7-15(19)2)22(29)27-18-9-10-18/h3-8,11,13,18H,9-10,12,24H2,1-2H3,(H,25,30)(H,27,29). The fraction of sp³-hybridized carbons (Fsp3) is 0.261. The lowest BCUT2D eigenvalue weighted by atomic mass is 10.1. The number of nitrogen functional groups attached to an aromatic ring is 1. The van der Waals surface area contributed by atoms with Crippen molar-refractivity contribution in [2.24, 2.45) is 0 Å². The number of amides is 2. The van der Waals surface area contributed by atoms with Crippen molar-refractivity contribution >= 4 is 17.8 Å². The van der Waals surface area contributed by atoms with Gasteiger partial charge in [-0.2, -0.15) is 5.10 Å². The lowest BCUT2D eigenvalue weighted by Gasteiger charge is -2.11. The lowest BCUT2D eigenvalue weighted by Crippen LogP contribution is -2.26. The maximum absolute atomic E-state index is 12.4. The van der Waals surface area contributed by atoms with Crippen molar-refractivity contribution in [2.45, 2.75) is 39.3 Å². The third-order valence-electron chi connectivity index (χ3n) is 5.27. The molecule has 0 radical (unpaired) electrons. The molecule has 160 valence electrons. The molecule has 1 aliphatic rings. The second-order valence-corrected chi connectivity index (χ2v) is 7.72. The van der Waals surface area contributed by atoms with E-state index in [-0.39, 0.29) is 23.5 Å². The molecular formula is C23H25N5O3. The van der Waals surface area contributed by atoms with E-state index in [1.54, 1.807) is 12.1 Å². The van der Waals surface area contributed by atoms with Gasteiger partial charge in [-0.25, -0.2) is 9.48 Å². The first-order valence-corrected chi connectivity index (χ1v) is 10.2. The molecule has 2 aromatic carbocycles. The van der Waals surface area contributed by atoms with Crippen molar-refractivity contribution in [3.8, 4) is 11.4 Å². The monoisotopic (exact) mass is 419 g/mol. The topological polar surface area (TPSA) is 111 Å². The van der Waals surface area contributed by atoms with E-state index in [4.69, 9.17) is 10.5 Å². The number of nitrogens with zero attached hydrogens (tertiary/aromatic N) is 2. The van der Waals surface area contributed by atoms with Crippen molar-refractivity contribution < 1.29 is 14.3 Å². The van der Waals surface area contributed by atoms with Gasteiger partial charge in [0.05, 0.1) is 11.9 Å². The summed E-state index contributed by atoms with van der Waals surface area (Å²) in [7, 11) is 0. The van der Waals surface area contributed by atoms with Gasteiger partial charge >= 0.3 is 6.09 Å². The minimum Gasteiger partial charge on any atom is -0.405 e. The molecule has 8 nitrogen and oxygen atoms in total. The normalized spacial score (nSPS) is 13.0. The van der Waals surface area contributed by atoms with Crippen LogP contribution in [0.2, 0.25) is 0 Å². The van der Waals surface area contributed by atoms with Crippen molar-refractivity contribution in [2.75, 3.05) is 5.73 Å². The van der Waals surface area contributed by atoms with Gasteiger partial charge < -0.3 is 21.1 Å². The molecule has 0 aliphatic heterocycles. The summed E-state index contributed by atoms with van der Waals surface area (Å²) >= 11 is 0. The van der Waals surface area contributed by atoms with Gasteiger partial charge in [-0.05, 0) is 55.5 Å². The zero-order chi connectivity index (χ0) is 22.0. The Labute approximate surface area is 180 Å². The highest BCUT2D eigenvalue weighted by molar-refractivity contribution is 5.95. The first-order chi connectivity index (χ1) is 14.9. The van der Waals surface area contributed by atoms with Gasteiger partial charge in [-0.15, -0.1) is 0 Å². The van der Waals surface area contributed by atoms with E-state index >= 15 is 0 Å². The SMILES string of the molecule is Cc1ccccc1CNC(=O)Oc1cnn(-c2cc(C(=O)NC3CC3)ccc2C)c1N. The quantitative estimate of drug-likeness (QED) is 0.568. The Morgan fingerprint density at radius 1 is 1.16 bits per heavy atom. The molecule has 4 N–H and O–H groups in total. The fourth-order valence-corrected chi connectivity index (χ4v) is 3.20. The fourth-order valence-electron chi connectivity index (χ4n) is 3.20. The lowest BCUT2D eigenvalue weighted by molar-refractivity contribution is 0.0951. The summed E-state index contributed by atoms with van der Waals surface area (Å²) in [4.78, 5) is 24.6. The van der Waals surface area contributed by atoms with E-state index in [0.29, 0.717) is 17.8 Å². The number of hydrogen-bond acceptors (Lipinski definition) is 5. The smallest absolute Gasteiger partial charge is 0.405 e. The number of nitrogens with two attached hydrogens (primary N) is 1. The summed E-state index contributed by atoms with van der Waals surface area (Å²) in [5.74, 6) is 0.199. The molecule has 0 unspecified atom stereocenters. The second-order valence-electron chi connectivity index (χ2n) is 7.72. The molecule has 0 bridgehead atoms. The van der Waals surface area contributed by atoms with Gasteiger partial charge in [0.15, 0.2) is 11.6 Å². The molecule has 8 heteroatoms. The minimum absolute atomic E-state index is 0.124. The third kappa shape index (κ3) is 4.69. The molecule has 0 saturated heterocycles. The van der Waals surface area contributed by atoms with Crippen LogP contribution in [0.1, 0.15) is 39.9 Å². The van der Waals surface area contributed by atoms with Gasteiger partial charge in [0, 0.05) is 18.2 Å². The Bertz CT molecular complexity index is 1130. The number of rotatable bonds is 6. The first kappa shape index (κ1) is 20.5. The van der Waals surface area contributed by atoms with Crippen LogP contribution in [-0.4, -0.2) is 27.8 Å². The van der Waals surface area contributed by atoms with Crippen molar-refractivity contribution in [1.29, 1.82) is 0 Å². The molecule has 0 atom stereocenters. The first-order valence-electron chi connectivity index (χ1n) is 10.2. The molecule has 1 aromatic heterocycles. The van der Waals surface area contributed by atoms with Crippen molar-refractivity contribution in [3.05, 3.63) is 70.9 Å². The van der Waals surface area contributed by atoms with E-state index in [9.17, 15) is 9.59 Å². The molecule has 1 aliphatic carbocycles. The summed E-state index contributed by atoms with van der Waals surface area (Å²) < 4.78 is 6.82. The van der Waals surface area contributed by atoms with Crippen LogP contribution >= 0.6 is 0 Å². The minimum atomic E-state index is -0.621. The molecular weight excluding hydrogens is 394 g/mol. The van der Waals surface area contributed by atoms with Gasteiger partial charge in [0.25, 0.3) is 5.91 Å². The molecule has 31 heavy (non-hydrogen) atoms. The van der Waals surface area contributed by atoms with Crippen LogP contribution < -0.4 is 21.1 Å². The number of benzene rings is 2. The summed E-state index contributed by atoms with van der Waals surface area (Å²) in [5.41, 5.74) is 10.3. The van der Waals surface area contributed by atoms with Crippen LogP contribution in [0.3, 0.4) is 0 Å². The maximum Gasteiger partial charge on any atom is 0.413 e. The zero-order valence-electron chi connectivity index (χ0n) is 17.5. The van der Waals surface area contributed by atoms with Crippen molar-refractivity contribution in [3.63, 3.8) is 0 Å². The summed E-state index contributed by atoms with van der Waals surface area (Å²) in [6, 6.07) is 13.4. The average molecular weight is 419 g/mol. The molecule has 2 amide bonds. The number of anilines is 1. The Morgan fingerprint density at radius 2 is 1.94 bits per heavy atom. The van der Waals surface area contributed by atoms with E-state index in [1.807, 2.05) is 44.2 Å². The van der Waals surface area contributed by atoms with Crippen LogP contribution in [0.4, 0.5) is 10.6 Å². The Kier molecular flexibility index (Phi) is 5.62. The number of carbonyl (C=O) groups is 2. The highest BCUT2D eigenvalue weighted by Gasteiger charge is 2.24. The van der Waals surface area contributed by atoms with Crippen LogP contribution in [-0.2, 0) is 6.54 Å². The Hall–Kier alpha value is -3.81. The number of ether oxygens (including phenoxy) is 1. The van der Waals surface area contributed by atoms with Crippen LogP contribution in [0, 0.1) is 13.8 Å². The Morgan fingerprint density at radius 3 is 2.68 bits per heavy atom. The highest BCUT2D eigenvalue weighted by Crippen LogP contribution is 2.27. The largest absolute Gasteiger partial charge is 0.413 e. The van der Waals surface area contributed by atoms with Crippen molar-refractivity contribution in [1.82, 2.24) is 20.4 Å². The van der Waals surface area contributed by atoms with Crippen LogP contribution in [0.5, 0.6) is 5.75 Å². The van der Waals surface area contributed by atoms with Gasteiger partial charge in [0.1, 0.15) is 0 Å². The highest BCUT2D eigenvalue weighted by atomic mass is 16.6. The number of nitrogens with one attached hydrogen (secondary N) is 2. The van der Waals surface area contributed by atoms with Gasteiger partial charge in [0.2, 0.25) is 0 Å². The number of carbonyl (C=O) groups excluding carboxylic acids is 2. The summed E-state index contributed by atoms with van der Waals surface area (Å²) in [5, 5.41) is 9.95. The average Bonchev–Trinajstić information content (AvgIpc) is 3.50. The molecule has 0 spiro atoms. The second kappa shape index (κ2) is 8.51. The summed E-state index contributed by atoms with van der Waals surface area (Å²) in [6.45, 7) is 4.22. The van der Waals surface area contributed by atoms with E-state index in [2.05, 4.69) is 15.7 Å². The molecule has 1 fully saturated rings. The third-order valence-corrected chi connectivity index (χ3v) is 5.27. The van der Waals surface area contributed by atoms with E-state index in [1.165, 1.54) is 10.9 Å². The molecule has 1 saturated carbocycles. The predicted octanol–water partition coefficient (Wildman–Crippen LogP) is 3.25. The van der Waals surface area contributed by atoms with E-state index in [0.717, 1.165) is 29.5 Å². The zero-order valence-corrected chi connectivity index (χ0v) is 17.5. The number of hydrogen-bond donors (Lipinski definition) is 3. The van der Waals surface area contributed by atoms with Gasteiger partial charge in [-0.3, -0.25) is 4.79 Å². The predicted molar refractivity (Wildman–Crippen MR) is 117 cm³/mol. The Balaban J connectivity index is 1.47. The molecule has 3 aromatic rings. The number of aromatic nitrogens is 2.